The number of hydrogen-bond acceptors (Lipinski definition) is 4. The number of halogens is 1. The molecule has 1 rings (SSSR count). The average Bonchev–Trinajstić information content (AvgIpc) is 1.82. The molecule has 0 aliphatic rings. The van der Waals surface area contributed by atoms with Gasteiger partial charge in [-0.25, -0.2) is 18.4 Å². The molecule has 0 amide bonds. The molecular formula is C6H7IN2O2S. The highest BCUT2D eigenvalue weighted by atomic mass is 127. The summed E-state index contributed by atoms with van der Waals surface area (Å²) < 4.78 is 22.7. The monoisotopic (exact) mass is 298 g/mol. The summed E-state index contributed by atoms with van der Waals surface area (Å²) in [6.45, 7) is 1.73. The summed E-state index contributed by atoms with van der Waals surface area (Å²) in [5.41, 5.74) is 0.662. The fourth-order valence-electron chi connectivity index (χ4n) is 0.670. The maximum atomic E-state index is 11.0. The first-order valence-electron chi connectivity index (χ1n) is 3.11. The first kappa shape index (κ1) is 9.85. The Hall–Kier alpha value is -0.240. The van der Waals surface area contributed by atoms with E-state index in [0.717, 1.165) is 6.26 Å². The number of rotatable bonds is 1. The largest absolute Gasteiger partial charge is 0.248 e. The van der Waals surface area contributed by atoms with E-state index in [2.05, 4.69) is 9.97 Å². The fourth-order valence-corrected chi connectivity index (χ4v) is 2.09. The SMILES string of the molecule is Cc1cc(I)nc(S(C)(=O)=O)n1. The van der Waals surface area contributed by atoms with E-state index >= 15 is 0 Å². The van der Waals surface area contributed by atoms with Crippen LogP contribution in [0.3, 0.4) is 0 Å². The molecule has 0 aliphatic heterocycles. The molecule has 12 heavy (non-hydrogen) atoms. The van der Waals surface area contributed by atoms with E-state index in [1.54, 1.807) is 13.0 Å². The second-order valence-corrected chi connectivity index (χ2v) is 5.40. The molecule has 0 N–H and O–H groups in total. The molecule has 66 valence electrons. The highest BCUT2D eigenvalue weighted by molar-refractivity contribution is 14.1. The van der Waals surface area contributed by atoms with Crippen molar-refractivity contribution in [2.24, 2.45) is 0 Å². The predicted octanol–water partition coefficient (Wildman–Crippen LogP) is 0.793. The van der Waals surface area contributed by atoms with Crippen LogP contribution in [0.5, 0.6) is 0 Å². The average molecular weight is 298 g/mol. The standard InChI is InChI=1S/C6H7IN2O2S/c1-4-3-5(7)9-6(8-4)12(2,10)11/h3H,1-2H3. The smallest absolute Gasteiger partial charge is 0.224 e. The molecule has 4 nitrogen and oxygen atoms in total. The van der Waals surface area contributed by atoms with Crippen LogP contribution in [-0.2, 0) is 9.84 Å². The van der Waals surface area contributed by atoms with Crippen molar-refractivity contribution in [3.8, 4) is 0 Å². The van der Waals surface area contributed by atoms with Gasteiger partial charge in [0.05, 0.1) is 0 Å². The van der Waals surface area contributed by atoms with Crippen molar-refractivity contribution < 1.29 is 8.42 Å². The molecule has 0 saturated heterocycles. The van der Waals surface area contributed by atoms with Crippen molar-refractivity contribution in [2.45, 2.75) is 12.1 Å². The molecule has 6 heteroatoms. The zero-order valence-electron chi connectivity index (χ0n) is 6.57. The molecule has 1 heterocycles. The molecule has 0 atom stereocenters. The summed E-state index contributed by atoms with van der Waals surface area (Å²) in [6, 6.07) is 1.72. The molecule has 0 saturated carbocycles. The van der Waals surface area contributed by atoms with E-state index in [9.17, 15) is 8.42 Å². The van der Waals surface area contributed by atoms with Gasteiger partial charge in [-0.1, -0.05) is 0 Å². The lowest BCUT2D eigenvalue weighted by molar-refractivity contribution is 0.591. The van der Waals surface area contributed by atoms with Crippen molar-refractivity contribution in [1.82, 2.24) is 9.97 Å². The molecule has 1 aromatic heterocycles. The summed E-state index contributed by atoms with van der Waals surface area (Å²) in [6.07, 6.45) is 1.10. The first-order chi connectivity index (χ1) is 5.39. The Morgan fingerprint density at radius 1 is 1.42 bits per heavy atom. The van der Waals surface area contributed by atoms with Gasteiger partial charge in [-0.05, 0) is 35.6 Å². The molecule has 0 aliphatic carbocycles. The van der Waals surface area contributed by atoms with Gasteiger partial charge in [0.25, 0.3) is 0 Å². The molecule has 0 bridgehead atoms. The van der Waals surface area contributed by atoms with E-state index in [4.69, 9.17) is 0 Å². The zero-order valence-corrected chi connectivity index (χ0v) is 9.55. The molecule has 0 aromatic carbocycles. The highest BCUT2D eigenvalue weighted by Crippen LogP contribution is 2.07. The maximum absolute atomic E-state index is 11.0. The van der Waals surface area contributed by atoms with Crippen LogP contribution in [0, 0.1) is 10.6 Å². The van der Waals surface area contributed by atoms with Crippen LogP contribution in [0.4, 0.5) is 0 Å². The Balaban J connectivity index is 3.37. The van der Waals surface area contributed by atoms with Gasteiger partial charge < -0.3 is 0 Å². The van der Waals surface area contributed by atoms with Crippen LogP contribution < -0.4 is 0 Å². The van der Waals surface area contributed by atoms with Crippen LogP contribution in [-0.4, -0.2) is 24.6 Å². The molecule has 0 unspecified atom stereocenters. The summed E-state index contributed by atoms with van der Waals surface area (Å²) in [7, 11) is -3.27. The lowest BCUT2D eigenvalue weighted by atomic mass is 10.5. The van der Waals surface area contributed by atoms with Crippen molar-refractivity contribution in [1.29, 1.82) is 0 Å². The lowest BCUT2D eigenvalue weighted by Gasteiger charge is -1.98. The van der Waals surface area contributed by atoms with Crippen molar-refractivity contribution in [3.63, 3.8) is 0 Å². The highest BCUT2D eigenvalue weighted by Gasteiger charge is 2.11. The Kier molecular flexibility index (Phi) is 2.67. The lowest BCUT2D eigenvalue weighted by Crippen LogP contribution is -2.05. The van der Waals surface area contributed by atoms with Gasteiger partial charge in [-0.3, -0.25) is 0 Å². The second kappa shape index (κ2) is 3.25. The molecular weight excluding hydrogens is 291 g/mol. The van der Waals surface area contributed by atoms with Crippen LogP contribution in [0.2, 0.25) is 0 Å². The Labute approximate surface area is 84.5 Å². The fraction of sp³-hybridized carbons (Fsp3) is 0.333. The second-order valence-electron chi connectivity index (χ2n) is 2.39. The summed E-state index contributed by atoms with van der Waals surface area (Å²) in [4.78, 5) is 7.59. The summed E-state index contributed by atoms with van der Waals surface area (Å²) in [5.74, 6) is 0. The Morgan fingerprint density at radius 3 is 2.42 bits per heavy atom. The topological polar surface area (TPSA) is 59.9 Å². The summed E-state index contributed by atoms with van der Waals surface area (Å²) >= 11 is 1.96. The van der Waals surface area contributed by atoms with E-state index in [1.807, 2.05) is 22.6 Å². The normalized spacial score (nSPS) is 11.6. The minimum atomic E-state index is -3.27. The number of aromatic nitrogens is 2. The minimum Gasteiger partial charge on any atom is -0.224 e. The van der Waals surface area contributed by atoms with Crippen LogP contribution in [0.25, 0.3) is 0 Å². The van der Waals surface area contributed by atoms with Crippen molar-refractivity contribution >= 4 is 32.4 Å². The number of sulfone groups is 1. The number of aryl methyl sites for hydroxylation is 1. The third-order valence-electron chi connectivity index (χ3n) is 1.13. The molecule has 1 aromatic rings. The quantitative estimate of drug-likeness (QED) is 0.437. The van der Waals surface area contributed by atoms with Gasteiger partial charge in [0.15, 0.2) is 0 Å². The van der Waals surface area contributed by atoms with Gasteiger partial charge in [-0.2, -0.15) is 0 Å². The van der Waals surface area contributed by atoms with Crippen LogP contribution >= 0.6 is 22.6 Å². The van der Waals surface area contributed by atoms with Crippen LogP contribution in [0.1, 0.15) is 5.69 Å². The van der Waals surface area contributed by atoms with Gasteiger partial charge in [0.2, 0.25) is 15.0 Å². The van der Waals surface area contributed by atoms with Gasteiger partial charge in [0, 0.05) is 11.9 Å². The number of nitrogens with zero attached hydrogens (tertiary/aromatic N) is 2. The molecule has 0 radical (unpaired) electrons. The number of hydrogen-bond donors (Lipinski definition) is 0. The van der Waals surface area contributed by atoms with Gasteiger partial charge in [-0.15, -0.1) is 0 Å². The van der Waals surface area contributed by atoms with Crippen LogP contribution in [0.15, 0.2) is 11.2 Å². The van der Waals surface area contributed by atoms with E-state index in [1.165, 1.54) is 0 Å². The Bertz CT molecular complexity index is 382. The van der Waals surface area contributed by atoms with Gasteiger partial charge in [0.1, 0.15) is 3.70 Å². The Morgan fingerprint density at radius 2 is 2.00 bits per heavy atom. The van der Waals surface area contributed by atoms with Gasteiger partial charge >= 0.3 is 0 Å². The van der Waals surface area contributed by atoms with Crippen molar-refractivity contribution in [2.75, 3.05) is 6.26 Å². The maximum Gasteiger partial charge on any atom is 0.248 e. The minimum absolute atomic E-state index is 0.105. The predicted molar refractivity (Wildman–Crippen MR) is 52.6 cm³/mol. The van der Waals surface area contributed by atoms with E-state index in [0.29, 0.717) is 9.39 Å². The van der Waals surface area contributed by atoms with E-state index < -0.39 is 9.84 Å². The van der Waals surface area contributed by atoms with E-state index in [-0.39, 0.29) is 5.16 Å². The first-order valence-corrected chi connectivity index (χ1v) is 6.08. The van der Waals surface area contributed by atoms with Crippen molar-refractivity contribution in [3.05, 3.63) is 15.5 Å². The third kappa shape index (κ3) is 2.37. The molecule has 0 fully saturated rings. The zero-order chi connectivity index (χ0) is 9.35. The third-order valence-corrected chi connectivity index (χ3v) is 2.53. The summed E-state index contributed by atoms with van der Waals surface area (Å²) in [5, 5.41) is -0.105. The molecule has 0 spiro atoms.